The van der Waals surface area contributed by atoms with E-state index in [1.54, 1.807) is 11.3 Å². The molecule has 6 heteroatoms. The largest absolute Gasteiger partial charge is 0.419 e. The average molecular weight is 321 g/mol. The van der Waals surface area contributed by atoms with E-state index in [9.17, 15) is 5.11 Å². The second-order valence-corrected chi connectivity index (χ2v) is 7.19. The minimum atomic E-state index is -0.280. The molecule has 0 aromatic carbocycles. The first-order valence-electron chi connectivity index (χ1n) is 7.93. The molecule has 1 aliphatic carbocycles. The molecule has 22 heavy (non-hydrogen) atoms. The number of hydrogen-bond donors (Lipinski definition) is 2. The fourth-order valence-electron chi connectivity index (χ4n) is 3.17. The third-order valence-electron chi connectivity index (χ3n) is 4.68. The molecule has 1 fully saturated rings. The molecule has 0 spiro atoms. The van der Waals surface area contributed by atoms with Crippen LogP contribution in [0.5, 0.6) is 0 Å². The molecule has 1 saturated carbocycles. The first kappa shape index (κ1) is 15.6. The van der Waals surface area contributed by atoms with Gasteiger partial charge in [0.15, 0.2) is 0 Å². The highest BCUT2D eigenvalue weighted by Crippen LogP contribution is 2.32. The molecule has 2 heterocycles. The molecule has 1 atom stereocenters. The Balaban J connectivity index is 1.63. The predicted octanol–water partition coefficient (Wildman–Crippen LogP) is 3.22. The number of aliphatic hydroxyl groups excluding tert-OH is 1. The van der Waals surface area contributed by atoms with E-state index in [4.69, 9.17) is 4.42 Å². The Morgan fingerprint density at radius 3 is 2.86 bits per heavy atom. The van der Waals surface area contributed by atoms with Gasteiger partial charge in [-0.2, -0.15) is 0 Å². The van der Waals surface area contributed by atoms with Crippen molar-refractivity contribution < 1.29 is 9.52 Å². The summed E-state index contributed by atoms with van der Waals surface area (Å²) in [5, 5.41) is 23.5. The number of aliphatic hydroxyl groups is 1. The minimum absolute atomic E-state index is 0.129. The normalized spacial score (nSPS) is 19.2. The van der Waals surface area contributed by atoms with Gasteiger partial charge in [-0.15, -0.1) is 21.5 Å². The summed E-state index contributed by atoms with van der Waals surface area (Å²) < 4.78 is 5.70. The quantitative estimate of drug-likeness (QED) is 0.855. The number of nitrogens with one attached hydrogen (secondary N) is 1. The fraction of sp³-hybridized carbons (Fsp3) is 0.625. The Labute approximate surface area is 134 Å². The molecular weight excluding hydrogens is 298 g/mol. The average Bonchev–Trinajstić information content (AvgIpc) is 3.24. The van der Waals surface area contributed by atoms with Gasteiger partial charge in [0.1, 0.15) is 0 Å². The highest BCUT2D eigenvalue weighted by molar-refractivity contribution is 7.13. The number of nitrogens with zero attached hydrogens (tertiary/aromatic N) is 2. The summed E-state index contributed by atoms with van der Waals surface area (Å²) in [5.74, 6) is 1.64. The van der Waals surface area contributed by atoms with Crippen molar-refractivity contribution in [3.8, 4) is 10.8 Å². The Morgan fingerprint density at radius 2 is 2.18 bits per heavy atom. The van der Waals surface area contributed by atoms with Crippen LogP contribution in [-0.4, -0.2) is 27.4 Å². The smallest absolute Gasteiger partial charge is 0.257 e. The van der Waals surface area contributed by atoms with Crippen LogP contribution in [0.4, 0.5) is 0 Å². The second kappa shape index (κ2) is 6.89. The van der Waals surface area contributed by atoms with E-state index in [1.807, 2.05) is 17.5 Å². The van der Waals surface area contributed by atoms with Crippen LogP contribution in [0.15, 0.2) is 21.9 Å². The van der Waals surface area contributed by atoms with Crippen LogP contribution < -0.4 is 5.32 Å². The van der Waals surface area contributed by atoms with Gasteiger partial charge in [0.05, 0.1) is 18.0 Å². The summed E-state index contributed by atoms with van der Waals surface area (Å²) in [6.07, 6.45) is 6.17. The van der Waals surface area contributed by atoms with E-state index in [2.05, 4.69) is 22.4 Å². The van der Waals surface area contributed by atoms with Crippen molar-refractivity contribution >= 4 is 11.3 Å². The lowest BCUT2D eigenvalue weighted by molar-refractivity contribution is 0.0915. The predicted molar refractivity (Wildman–Crippen MR) is 86.5 cm³/mol. The van der Waals surface area contributed by atoms with E-state index < -0.39 is 0 Å². The SMILES string of the molecule is C[C@](CO)(NCc1nnc(-c2cccs2)o1)C1CCCCC1. The molecule has 0 bridgehead atoms. The maximum atomic E-state index is 9.84. The fourth-order valence-corrected chi connectivity index (χ4v) is 3.82. The Morgan fingerprint density at radius 1 is 1.36 bits per heavy atom. The molecule has 0 radical (unpaired) electrons. The van der Waals surface area contributed by atoms with Crippen LogP contribution in [0.1, 0.15) is 44.9 Å². The number of hydrogen-bond acceptors (Lipinski definition) is 6. The van der Waals surface area contributed by atoms with Crippen LogP contribution in [-0.2, 0) is 6.54 Å². The van der Waals surface area contributed by atoms with E-state index >= 15 is 0 Å². The van der Waals surface area contributed by atoms with Crippen LogP contribution in [0, 0.1) is 5.92 Å². The van der Waals surface area contributed by atoms with Gasteiger partial charge in [-0.05, 0) is 37.1 Å². The second-order valence-electron chi connectivity index (χ2n) is 6.24. The lowest BCUT2D eigenvalue weighted by atomic mass is 9.76. The molecule has 1 aliphatic rings. The lowest BCUT2D eigenvalue weighted by Crippen LogP contribution is -2.52. The summed E-state index contributed by atoms with van der Waals surface area (Å²) in [5.41, 5.74) is -0.280. The summed E-state index contributed by atoms with van der Waals surface area (Å²) >= 11 is 1.58. The lowest BCUT2D eigenvalue weighted by Gasteiger charge is -2.39. The van der Waals surface area contributed by atoms with Gasteiger partial charge < -0.3 is 14.8 Å². The third kappa shape index (κ3) is 3.39. The van der Waals surface area contributed by atoms with Crippen molar-refractivity contribution in [2.24, 2.45) is 5.92 Å². The Hall–Kier alpha value is -1.24. The van der Waals surface area contributed by atoms with Gasteiger partial charge in [-0.3, -0.25) is 0 Å². The summed E-state index contributed by atoms with van der Waals surface area (Å²) in [4.78, 5) is 0.982. The van der Waals surface area contributed by atoms with Gasteiger partial charge in [0.2, 0.25) is 5.89 Å². The first-order chi connectivity index (χ1) is 10.7. The van der Waals surface area contributed by atoms with Gasteiger partial charge >= 0.3 is 0 Å². The van der Waals surface area contributed by atoms with Crippen LogP contribution in [0.2, 0.25) is 0 Å². The van der Waals surface area contributed by atoms with Crippen molar-refractivity contribution in [2.45, 2.75) is 51.1 Å². The molecule has 2 aromatic heterocycles. The third-order valence-corrected chi connectivity index (χ3v) is 5.53. The number of thiophene rings is 1. The van der Waals surface area contributed by atoms with Gasteiger partial charge in [0, 0.05) is 5.54 Å². The molecule has 0 unspecified atom stereocenters. The van der Waals surface area contributed by atoms with E-state index in [-0.39, 0.29) is 12.1 Å². The van der Waals surface area contributed by atoms with E-state index in [0.717, 1.165) is 4.88 Å². The van der Waals surface area contributed by atoms with Gasteiger partial charge in [-0.1, -0.05) is 25.3 Å². The molecule has 3 rings (SSSR count). The molecule has 0 saturated heterocycles. The zero-order valence-corrected chi connectivity index (χ0v) is 13.7. The molecule has 2 N–H and O–H groups in total. The topological polar surface area (TPSA) is 71.2 Å². The van der Waals surface area contributed by atoms with Crippen LogP contribution in [0.3, 0.4) is 0 Å². The molecule has 0 aliphatic heterocycles. The Kier molecular flexibility index (Phi) is 4.90. The highest BCUT2D eigenvalue weighted by Gasteiger charge is 2.34. The van der Waals surface area contributed by atoms with Crippen LogP contribution in [0.25, 0.3) is 10.8 Å². The maximum absolute atomic E-state index is 9.84. The first-order valence-corrected chi connectivity index (χ1v) is 8.81. The van der Waals surface area contributed by atoms with Crippen LogP contribution >= 0.6 is 11.3 Å². The Bertz CT molecular complexity index is 578. The molecule has 0 amide bonds. The number of aromatic nitrogens is 2. The van der Waals surface area contributed by atoms with Crippen molar-refractivity contribution in [3.05, 3.63) is 23.4 Å². The van der Waals surface area contributed by atoms with Crippen molar-refractivity contribution in [2.75, 3.05) is 6.61 Å². The molecule has 2 aromatic rings. The monoisotopic (exact) mass is 321 g/mol. The molecule has 120 valence electrons. The minimum Gasteiger partial charge on any atom is -0.419 e. The standard InChI is InChI=1S/C16H23N3O2S/c1-16(11-20,12-6-3-2-4-7-12)17-10-14-18-19-15(21-14)13-8-5-9-22-13/h5,8-9,12,17,20H,2-4,6-7,10-11H2,1H3/t16-/m1/s1. The molecular formula is C16H23N3O2S. The summed E-state index contributed by atoms with van der Waals surface area (Å²) in [6, 6.07) is 3.93. The van der Waals surface area contributed by atoms with Crippen molar-refractivity contribution in [1.82, 2.24) is 15.5 Å². The summed E-state index contributed by atoms with van der Waals surface area (Å²) in [7, 11) is 0. The highest BCUT2D eigenvalue weighted by atomic mass is 32.1. The van der Waals surface area contributed by atoms with Gasteiger partial charge in [0.25, 0.3) is 5.89 Å². The van der Waals surface area contributed by atoms with E-state index in [0.29, 0.717) is 24.2 Å². The zero-order valence-electron chi connectivity index (χ0n) is 12.9. The zero-order chi connectivity index (χ0) is 15.4. The molecule has 5 nitrogen and oxygen atoms in total. The summed E-state index contributed by atoms with van der Waals surface area (Å²) in [6.45, 7) is 2.72. The van der Waals surface area contributed by atoms with E-state index in [1.165, 1.54) is 32.1 Å². The van der Waals surface area contributed by atoms with Crippen molar-refractivity contribution in [1.29, 1.82) is 0 Å². The van der Waals surface area contributed by atoms with Gasteiger partial charge in [-0.25, -0.2) is 0 Å². The van der Waals surface area contributed by atoms with Crippen molar-refractivity contribution in [3.63, 3.8) is 0 Å². The maximum Gasteiger partial charge on any atom is 0.257 e. The number of rotatable bonds is 6.